The Balaban J connectivity index is 1.51. The van der Waals surface area contributed by atoms with Gasteiger partial charge in [0.15, 0.2) is 0 Å². The lowest BCUT2D eigenvalue weighted by atomic mass is 9.95. The average molecular weight is 572 g/mol. The Morgan fingerprint density at radius 2 is 1.66 bits per heavy atom. The Morgan fingerprint density at radius 1 is 0.864 bits per heavy atom. The number of hydrogen-bond acceptors (Lipinski definition) is 2. The van der Waals surface area contributed by atoms with E-state index in [1.165, 1.54) is 10.9 Å². The first-order valence-electron chi connectivity index (χ1n) is 15.0. The molecule has 1 unspecified atom stereocenters. The fourth-order valence-corrected chi connectivity index (χ4v) is 5.84. The highest BCUT2D eigenvalue weighted by atomic mass is 15.1. The summed E-state index contributed by atoms with van der Waals surface area (Å²) < 4.78 is 2.34. The largest absolute Gasteiger partial charge is 0.346 e. The number of hydrogen-bond donors (Lipinski definition) is 1. The monoisotopic (exact) mass is 571 g/mol. The van der Waals surface area contributed by atoms with Gasteiger partial charge >= 0.3 is 0 Å². The molecule has 216 valence electrons. The SMILES string of the molecule is C=C/C=C\C(N)CN1/C=C\C(c2ccc3c(c2)c2c(n3-c3ccccc3)/C=C\C(=C)/C=C\CC=C2)=C/C(=C)c2ccccc21. The smallest absolute Gasteiger partial charge is 0.0541 e. The molecule has 0 radical (unpaired) electrons. The van der Waals surface area contributed by atoms with E-state index in [0.717, 1.165) is 56.9 Å². The predicted molar refractivity (Wildman–Crippen MR) is 191 cm³/mol. The molecular formula is C41H37N3. The maximum atomic E-state index is 6.48. The van der Waals surface area contributed by atoms with Crippen LogP contribution in [0.3, 0.4) is 0 Å². The lowest BCUT2D eigenvalue weighted by Crippen LogP contribution is -2.33. The zero-order valence-electron chi connectivity index (χ0n) is 24.9. The van der Waals surface area contributed by atoms with Crippen LogP contribution in [-0.2, 0) is 0 Å². The summed E-state index contributed by atoms with van der Waals surface area (Å²) in [4.78, 5) is 2.21. The molecule has 44 heavy (non-hydrogen) atoms. The predicted octanol–water partition coefficient (Wildman–Crippen LogP) is 9.67. The number of aromatic nitrogens is 1. The Morgan fingerprint density at radius 3 is 2.50 bits per heavy atom. The minimum Gasteiger partial charge on any atom is -0.346 e. The number of rotatable bonds is 6. The van der Waals surface area contributed by atoms with Gasteiger partial charge in [0.2, 0.25) is 0 Å². The molecule has 0 fully saturated rings. The Hall–Kier alpha value is -5.38. The number of allylic oxidation sites excluding steroid dienone is 11. The van der Waals surface area contributed by atoms with Gasteiger partial charge in [0, 0.05) is 46.7 Å². The van der Waals surface area contributed by atoms with Gasteiger partial charge in [-0.2, -0.15) is 0 Å². The number of fused-ring (bicyclic) bond motifs is 4. The topological polar surface area (TPSA) is 34.2 Å². The molecule has 1 aliphatic heterocycles. The van der Waals surface area contributed by atoms with Crippen LogP contribution in [0.4, 0.5) is 5.69 Å². The van der Waals surface area contributed by atoms with Crippen LogP contribution in [0.5, 0.6) is 0 Å². The second-order valence-corrected chi connectivity index (χ2v) is 11.0. The Bertz CT molecular complexity index is 1920. The van der Waals surface area contributed by atoms with E-state index in [4.69, 9.17) is 5.73 Å². The van der Waals surface area contributed by atoms with E-state index in [-0.39, 0.29) is 6.04 Å². The van der Waals surface area contributed by atoms with E-state index in [1.54, 1.807) is 6.08 Å². The Labute approximate surface area is 260 Å². The maximum absolute atomic E-state index is 6.48. The molecular weight excluding hydrogens is 534 g/mol. The molecule has 0 spiro atoms. The van der Waals surface area contributed by atoms with E-state index < -0.39 is 0 Å². The minimum atomic E-state index is -0.154. The first kappa shape index (κ1) is 28.7. The molecule has 0 saturated carbocycles. The second-order valence-electron chi connectivity index (χ2n) is 11.0. The molecule has 0 saturated heterocycles. The summed E-state index contributed by atoms with van der Waals surface area (Å²) in [6, 6.07) is 25.5. The third kappa shape index (κ3) is 5.92. The highest BCUT2D eigenvalue weighted by Gasteiger charge is 2.19. The lowest BCUT2D eigenvalue weighted by molar-refractivity contribution is 0.793. The standard InChI is InChI=1S/C41H37N3/c1-4-5-15-34(42)29-43-26-25-33(27-31(3)36-18-12-13-20-39(36)43)32-22-24-41-38(28-32)37-19-11-6-8-14-30(2)21-23-40(37)44(41)35-16-9-7-10-17-35/h4-5,7-28,34H,1-3,6,29,42H2/b14-8-,15-5-,19-11?,23-21-,26-25-,33-27+. The zero-order chi connectivity index (χ0) is 30.5. The fraction of sp³-hybridized carbons (Fsp3) is 0.0732. The van der Waals surface area contributed by atoms with Crippen molar-refractivity contribution in [3.63, 3.8) is 0 Å². The van der Waals surface area contributed by atoms with Gasteiger partial charge in [0.25, 0.3) is 0 Å². The van der Waals surface area contributed by atoms with Gasteiger partial charge in [-0.1, -0.05) is 111 Å². The second kappa shape index (κ2) is 12.9. The van der Waals surface area contributed by atoms with Crippen molar-refractivity contribution in [2.45, 2.75) is 12.5 Å². The van der Waals surface area contributed by atoms with Crippen molar-refractivity contribution in [3.8, 4) is 5.69 Å². The zero-order valence-corrected chi connectivity index (χ0v) is 24.9. The summed E-state index contributed by atoms with van der Waals surface area (Å²) in [7, 11) is 0. The third-order valence-corrected chi connectivity index (χ3v) is 7.96. The molecule has 4 aromatic rings. The minimum absolute atomic E-state index is 0.154. The summed E-state index contributed by atoms with van der Waals surface area (Å²) in [5.74, 6) is 0. The van der Waals surface area contributed by atoms with Crippen LogP contribution in [0.1, 0.15) is 28.8 Å². The van der Waals surface area contributed by atoms with Crippen LogP contribution in [0.2, 0.25) is 0 Å². The first-order chi connectivity index (χ1) is 21.5. The van der Waals surface area contributed by atoms with Gasteiger partial charge < -0.3 is 15.2 Å². The first-order valence-corrected chi connectivity index (χ1v) is 15.0. The van der Waals surface area contributed by atoms with Crippen LogP contribution >= 0.6 is 0 Å². The summed E-state index contributed by atoms with van der Waals surface area (Å²) in [6.07, 6.45) is 25.9. The van der Waals surface area contributed by atoms with Gasteiger partial charge in [0.05, 0.1) is 11.2 Å². The average Bonchev–Trinajstić information content (AvgIpc) is 3.36. The van der Waals surface area contributed by atoms with E-state index in [0.29, 0.717) is 6.54 Å². The van der Waals surface area contributed by atoms with Crippen molar-refractivity contribution in [2.24, 2.45) is 5.73 Å². The van der Waals surface area contributed by atoms with Crippen molar-refractivity contribution in [1.82, 2.24) is 4.57 Å². The van der Waals surface area contributed by atoms with Gasteiger partial charge in [-0.25, -0.2) is 0 Å². The summed E-state index contributed by atoms with van der Waals surface area (Å²) in [5, 5.41) is 1.19. The molecule has 2 N–H and O–H groups in total. The fourth-order valence-electron chi connectivity index (χ4n) is 5.84. The van der Waals surface area contributed by atoms with Crippen LogP contribution in [0.25, 0.3) is 39.9 Å². The van der Waals surface area contributed by atoms with Crippen LogP contribution in [0.15, 0.2) is 159 Å². The van der Waals surface area contributed by atoms with Crippen molar-refractivity contribution in [1.29, 1.82) is 0 Å². The maximum Gasteiger partial charge on any atom is 0.0541 e. The van der Waals surface area contributed by atoms with E-state index in [2.05, 4.69) is 157 Å². The normalized spacial score (nSPS) is 18.9. The molecule has 2 heterocycles. The molecule has 1 atom stereocenters. The number of anilines is 1. The molecule has 1 aliphatic carbocycles. The molecule has 3 aromatic carbocycles. The van der Waals surface area contributed by atoms with Crippen molar-refractivity contribution in [2.75, 3.05) is 11.4 Å². The third-order valence-electron chi connectivity index (χ3n) is 7.96. The molecule has 2 aliphatic rings. The molecule has 1 aromatic heterocycles. The number of nitrogens with two attached hydrogens (primary N) is 1. The van der Waals surface area contributed by atoms with Gasteiger partial charge in [-0.3, -0.25) is 0 Å². The summed E-state index contributed by atoms with van der Waals surface area (Å²) >= 11 is 0. The van der Waals surface area contributed by atoms with E-state index in [1.807, 2.05) is 12.2 Å². The quantitative estimate of drug-likeness (QED) is 0.234. The molecule has 3 nitrogen and oxygen atoms in total. The van der Waals surface area contributed by atoms with Crippen molar-refractivity contribution in [3.05, 3.63) is 181 Å². The van der Waals surface area contributed by atoms with Crippen molar-refractivity contribution >= 4 is 39.9 Å². The van der Waals surface area contributed by atoms with Crippen molar-refractivity contribution < 1.29 is 0 Å². The van der Waals surface area contributed by atoms with E-state index in [9.17, 15) is 0 Å². The molecule has 0 amide bonds. The Kier molecular flexibility index (Phi) is 8.40. The van der Waals surface area contributed by atoms with Crippen LogP contribution in [-0.4, -0.2) is 17.2 Å². The molecule has 3 heteroatoms. The van der Waals surface area contributed by atoms with Gasteiger partial charge in [0.1, 0.15) is 0 Å². The molecule has 6 rings (SSSR count). The van der Waals surface area contributed by atoms with Gasteiger partial charge in [-0.15, -0.1) is 0 Å². The van der Waals surface area contributed by atoms with Gasteiger partial charge in [-0.05, 0) is 77.3 Å². The molecule has 0 bridgehead atoms. The highest BCUT2D eigenvalue weighted by Crippen LogP contribution is 2.37. The lowest BCUT2D eigenvalue weighted by Gasteiger charge is -2.27. The number of benzene rings is 3. The highest BCUT2D eigenvalue weighted by molar-refractivity contribution is 5.99. The summed E-state index contributed by atoms with van der Waals surface area (Å²) in [6.45, 7) is 13.1. The number of para-hydroxylation sites is 2. The summed E-state index contributed by atoms with van der Waals surface area (Å²) in [5.41, 5.74) is 17.4. The van der Waals surface area contributed by atoms with Crippen LogP contribution in [0, 0.1) is 0 Å². The van der Waals surface area contributed by atoms with E-state index >= 15 is 0 Å². The number of nitrogens with zero attached hydrogens (tertiary/aromatic N) is 2. The van der Waals surface area contributed by atoms with Crippen LogP contribution < -0.4 is 10.6 Å².